The largest absolute Gasteiger partial charge is 0.508 e. The number of phenolic OH excluding ortho intramolecular Hbond substituents is 1. The molecule has 0 bridgehead atoms. The molecule has 0 unspecified atom stereocenters. The van der Waals surface area contributed by atoms with Crippen LogP contribution in [0, 0.1) is 0 Å². The lowest BCUT2D eigenvalue weighted by Gasteiger charge is -1.99. The number of aromatic nitrogens is 1. The number of nitrogens with zero attached hydrogens (tertiary/aromatic N) is 1. The normalized spacial score (nSPS) is 10.6. The Morgan fingerprint density at radius 3 is 3.12 bits per heavy atom. The van der Waals surface area contributed by atoms with Gasteiger partial charge in [-0.3, -0.25) is 4.79 Å². The molecule has 0 fully saturated rings. The van der Waals surface area contributed by atoms with E-state index in [2.05, 4.69) is 10.3 Å². The molecular weight excluding hydrogens is 236 g/mol. The second-order valence-electron chi connectivity index (χ2n) is 3.71. The van der Waals surface area contributed by atoms with Gasteiger partial charge in [0.1, 0.15) is 5.75 Å². The topological polar surface area (TPSA) is 62.2 Å². The summed E-state index contributed by atoms with van der Waals surface area (Å²) in [6, 6.07) is 5.14. The number of phenols is 1. The van der Waals surface area contributed by atoms with Gasteiger partial charge in [0.25, 0.3) is 0 Å². The Morgan fingerprint density at radius 1 is 1.53 bits per heavy atom. The Hall–Kier alpha value is -1.62. The Balaban J connectivity index is 2.02. The number of aromatic hydroxyl groups is 1. The molecule has 0 radical (unpaired) electrons. The van der Waals surface area contributed by atoms with Gasteiger partial charge in [0.15, 0.2) is 0 Å². The van der Waals surface area contributed by atoms with Gasteiger partial charge in [0, 0.05) is 19.4 Å². The molecule has 1 amide bonds. The molecule has 2 rings (SSSR count). The van der Waals surface area contributed by atoms with Gasteiger partial charge in [0.05, 0.1) is 15.2 Å². The summed E-state index contributed by atoms with van der Waals surface area (Å²) in [4.78, 5) is 15.5. The van der Waals surface area contributed by atoms with Crippen molar-refractivity contribution in [2.75, 3.05) is 6.54 Å². The Labute approximate surface area is 103 Å². The van der Waals surface area contributed by atoms with Crippen LogP contribution in [0.2, 0.25) is 0 Å². The van der Waals surface area contributed by atoms with Crippen molar-refractivity contribution in [3.63, 3.8) is 0 Å². The summed E-state index contributed by atoms with van der Waals surface area (Å²) in [6.45, 7) is 2.44. The molecule has 0 saturated heterocycles. The number of rotatable bonds is 4. The smallest absolute Gasteiger partial charge is 0.219 e. The lowest BCUT2D eigenvalue weighted by molar-refractivity contribution is -0.120. The van der Waals surface area contributed by atoms with Gasteiger partial charge in [-0.25, -0.2) is 4.98 Å². The minimum Gasteiger partial charge on any atom is -0.508 e. The van der Waals surface area contributed by atoms with Crippen LogP contribution in [0.15, 0.2) is 18.2 Å². The van der Waals surface area contributed by atoms with E-state index in [1.807, 2.05) is 6.92 Å². The van der Waals surface area contributed by atoms with Crippen LogP contribution in [0.1, 0.15) is 18.4 Å². The first kappa shape index (κ1) is 11.9. The number of fused-ring (bicyclic) bond motifs is 1. The van der Waals surface area contributed by atoms with Gasteiger partial charge in [-0.15, -0.1) is 11.3 Å². The predicted molar refractivity (Wildman–Crippen MR) is 68.3 cm³/mol. The second-order valence-corrected chi connectivity index (χ2v) is 4.83. The second kappa shape index (κ2) is 5.14. The first-order chi connectivity index (χ1) is 8.19. The monoisotopic (exact) mass is 250 g/mol. The van der Waals surface area contributed by atoms with Gasteiger partial charge in [-0.2, -0.15) is 0 Å². The highest BCUT2D eigenvalue weighted by Gasteiger charge is 2.05. The number of thiazole rings is 1. The highest BCUT2D eigenvalue weighted by atomic mass is 32.1. The lowest BCUT2D eigenvalue weighted by Crippen LogP contribution is -2.24. The Morgan fingerprint density at radius 2 is 2.35 bits per heavy atom. The quantitative estimate of drug-likeness (QED) is 0.873. The highest BCUT2D eigenvalue weighted by Crippen LogP contribution is 2.25. The average Bonchev–Trinajstić information content (AvgIpc) is 2.70. The van der Waals surface area contributed by atoms with E-state index in [4.69, 9.17) is 0 Å². The maximum Gasteiger partial charge on any atom is 0.219 e. The minimum atomic E-state index is 0.0590. The van der Waals surface area contributed by atoms with Crippen LogP contribution < -0.4 is 5.32 Å². The number of benzene rings is 1. The summed E-state index contributed by atoms with van der Waals surface area (Å²) < 4.78 is 0.974. The Bertz CT molecular complexity index is 536. The first-order valence-corrected chi connectivity index (χ1v) is 6.36. The standard InChI is InChI=1S/C12H14N2O2S/c1-2-11(16)13-6-5-12-14-9-4-3-8(15)7-10(9)17-12/h3-4,7,15H,2,5-6H2,1H3,(H,13,16). The summed E-state index contributed by atoms with van der Waals surface area (Å²) >= 11 is 1.55. The zero-order valence-electron chi connectivity index (χ0n) is 9.56. The minimum absolute atomic E-state index is 0.0590. The van der Waals surface area contributed by atoms with E-state index >= 15 is 0 Å². The summed E-state index contributed by atoms with van der Waals surface area (Å²) in [5, 5.41) is 13.1. The van der Waals surface area contributed by atoms with E-state index in [-0.39, 0.29) is 11.7 Å². The molecule has 1 aromatic heterocycles. The first-order valence-electron chi connectivity index (χ1n) is 5.54. The van der Waals surface area contributed by atoms with Crippen molar-refractivity contribution in [3.8, 4) is 5.75 Å². The third-order valence-corrected chi connectivity index (χ3v) is 3.48. The van der Waals surface area contributed by atoms with Crippen molar-refractivity contribution < 1.29 is 9.90 Å². The number of carbonyl (C=O) groups is 1. The van der Waals surface area contributed by atoms with Crippen LogP contribution in [0.3, 0.4) is 0 Å². The van der Waals surface area contributed by atoms with E-state index < -0.39 is 0 Å². The van der Waals surface area contributed by atoms with Crippen molar-refractivity contribution in [2.24, 2.45) is 0 Å². The molecule has 0 saturated carbocycles. The number of hydrogen-bond acceptors (Lipinski definition) is 4. The summed E-state index contributed by atoms with van der Waals surface area (Å²) in [5.74, 6) is 0.316. The molecule has 90 valence electrons. The van der Waals surface area contributed by atoms with Crippen molar-refractivity contribution in [1.29, 1.82) is 0 Å². The molecule has 2 N–H and O–H groups in total. The fraction of sp³-hybridized carbons (Fsp3) is 0.333. The van der Waals surface area contributed by atoms with Crippen molar-refractivity contribution >= 4 is 27.5 Å². The number of amides is 1. The summed E-state index contributed by atoms with van der Waals surface area (Å²) in [5.41, 5.74) is 0.893. The molecule has 1 aromatic carbocycles. The molecule has 0 aliphatic carbocycles. The maximum absolute atomic E-state index is 11.1. The van der Waals surface area contributed by atoms with Gasteiger partial charge in [-0.1, -0.05) is 6.92 Å². The van der Waals surface area contributed by atoms with E-state index in [1.54, 1.807) is 29.5 Å². The third kappa shape index (κ3) is 2.94. The van der Waals surface area contributed by atoms with E-state index in [0.717, 1.165) is 21.6 Å². The van der Waals surface area contributed by atoms with Crippen molar-refractivity contribution in [3.05, 3.63) is 23.2 Å². The predicted octanol–water partition coefficient (Wildman–Crippen LogP) is 2.07. The SMILES string of the molecule is CCC(=O)NCCc1nc2ccc(O)cc2s1. The van der Waals surface area contributed by atoms with Gasteiger partial charge < -0.3 is 10.4 Å². The molecule has 0 spiro atoms. The molecule has 0 atom stereocenters. The maximum atomic E-state index is 11.1. The summed E-state index contributed by atoms with van der Waals surface area (Å²) in [6.07, 6.45) is 1.24. The van der Waals surface area contributed by atoms with Crippen LogP contribution in [0.5, 0.6) is 5.75 Å². The van der Waals surface area contributed by atoms with Crippen LogP contribution in [-0.4, -0.2) is 22.5 Å². The lowest BCUT2D eigenvalue weighted by atomic mass is 10.3. The fourth-order valence-corrected chi connectivity index (χ4v) is 2.50. The van der Waals surface area contributed by atoms with Crippen molar-refractivity contribution in [1.82, 2.24) is 10.3 Å². The van der Waals surface area contributed by atoms with E-state index in [0.29, 0.717) is 13.0 Å². The Kier molecular flexibility index (Phi) is 3.58. The van der Waals surface area contributed by atoms with Gasteiger partial charge in [-0.05, 0) is 18.2 Å². The molecular formula is C12H14N2O2S. The van der Waals surface area contributed by atoms with Crippen LogP contribution in [-0.2, 0) is 11.2 Å². The molecule has 1 heterocycles. The van der Waals surface area contributed by atoms with E-state index in [9.17, 15) is 9.90 Å². The molecule has 5 heteroatoms. The molecule has 17 heavy (non-hydrogen) atoms. The molecule has 0 aliphatic heterocycles. The molecule has 0 aliphatic rings. The van der Waals surface area contributed by atoms with Crippen molar-refractivity contribution in [2.45, 2.75) is 19.8 Å². The molecule has 2 aromatic rings. The number of hydrogen-bond donors (Lipinski definition) is 2. The van der Waals surface area contributed by atoms with E-state index in [1.165, 1.54) is 0 Å². The fourth-order valence-electron chi connectivity index (χ4n) is 1.50. The summed E-state index contributed by atoms with van der Waals surface area (Å²) in [7, 11) is 0. The number of nitrogens with one attached hydrogen (secondary N) is 1. The zero-order chi connectivity index (χ0) is 12.3. The number of carbonyl (C=O) groups excluding carboxylic acids is 1. The highest BCUT2D eigenvalue weighted by molar-refractivity contribution is 7.18. The molecule has 4 nitrogen and oxygen atoms in total. The van der Waals surface area contributed by atoms with Crippen LogP contribution in [0.4, 0.5) is 0 Å². The average molecular weight is 250 g/mol. The zero-order valence-corrected chi connectivity index (χ0v) is 10.4. The third-order valence-electron chi connectivity index (χ3n) is 2.40. The van der Waals surface area contributed by atoms with Gasteiger partial charge >= 0.3 is 0 Å². The van der Waals surface area contributed by atoms with Crippen LogP contribution >= 0.6 is 11.3 Å². The van der Waals surface area contributed by atoms with Gasteiger partial charge in [0.2, 0.25) is 5.91 Å². The van der Waals surface area contributed by atoms with Crippen LogP contribution in [0.25, 0.3) is 10.2 Å².